The summed E-state index contributed by atoms with van der Waals surface area (Å²) in [4.78, 5) is 4.90. The molecule has 0 fully saturated rings. The fourth-order valence-corrected chi connectivity index (χ4v) is 9.98. The summed E-state index contributed by atoms with van der Waals surface area (Å²) in [5.74, 6) is 0. The Balaban J connectivity index is -0.000000185. The second-order valence-electron chi connectivity index (χ2n) is 10.3. The van der Waals surface area contributed by atoms with Crippen LogP contribution in [0.2, 0.25) is 0 Å². The zero-order valence-corrected chi connectivity index (χ0v) is 49.2. The average molecular weight is 1510 g/mol. The Labute approximate surface area is 432 Å². The SMILES string of the molecule is Cc1cc(S)cc(Br)c1Br.Cc1cc(S)cc(Br)c1Br.Cc1cc(S)cc(Br)c1Br.Cc1cc(S)cc(Br)c1Br.Cc1cc(S)cc(Br)c1Br.F.F.F.F.F. The lowest BCUT2D eigenvalue weighted by Crippen LogP contribution is -1.77. The van der Waals surface area contributed by atoms with Crippen LogP contribution in [0.5, 0.6) is 0 Å². The Morgan fingerprint density at radius 1 is 0.255 bits per heavy atom. The van der Waals surface area contributed by atoms with E-state index in [1.807, 2.05) is 95.3 Å². The molecule has 0 aliphatic heterocycles. The molecule has 0 nitrogen and oxygen atoms in total. The minimum atomic E-state index is 0. The smallest absolute Gasteiger partial charge is 0.0347 e. The summed E-state index contributed by atoms with van der Waals surface area (Å²) in [5, 5.41) is 0. The zero-order valence-electron chi connectivity index (χ0n) is 28.8. The van der Waals surface area contributed by atoms with E-state index >= 15 is 0 Å². The maximum Gasteiger partial charge on any atom is 0.0347 e. The Kier molecular flexibility index (Phi) is 39.8. The van der Waals surface area contributed by atoms with E-state index in [0.29, 0.717) is 0 Å². The number of rotatable bonds is 0. The van der Waals surface area contributed by atoms with E-state index in [-0.39, 0.29) is 23.5 Å². The summed E-state index contributed by atoms with van der Waals surface area (Å²) in [7, 11) is 0. The Hall–Kier alpha value is 2.30. The van der Waals surface area contributed by atoms with Crippen molar-refractivity contribution in [1.29, 1.82) is 0 Å². The topological polar surface area (TPSA) is 0 Å². The molecule has 0 N–H and O–H groups in total. The highest BCUT2D eigenvalue weighted by Crippen LogP contribution is 2.32. The molecule has 0 heterocycles. The lowest BCUT2D eigenvalue weighted by atomic mass is 10.2. The maximum absolute atomic E-state index is 4.22. The van der Waals surface area contributed by atoms with Gasteiger partial charge in [-0.05, 0) is 282 Å². The normalized spacial score (nSPS) is 9.09. The summed E-state index contributed by atoms with van der Waals surface area (Å²) in [5.41, 5.74) is 5.97. The molecule has 20 heteroatoms. The van der Waals surface area contributed by atoms with E-state index in [2.05, 4.69) is 222 Å². The third-order valence-electron chi connectivity index (χ3n) is 5.97. The van der Waals surface area contributed by atoms with Gasteiger partial charge in [-0.25, -0.2) is 0 Å². The van der Waals surface area contributed by atoms with E-state index < -0.39 is 0 Å². The number of halogens is 15. The van der Waals surface area contributed by atoms with Gasteiger partial charge < -0.3 is 0 Å². The van der Waals surface area contributed by atoms with Crippen LogP contribution in [0.4, 0.5) is 23.5 Å². The number of thiol groups is 5. The Bertz CT molecular complexity index is 1520. The summed E-state index contributed by atoms with van der Waals surface area (Å²) in [6, 6.07) is 19.9. The van der Waals surface area contributed by atoms with Crippen LogP contribution in [0.25, 0.3) is 0 Å². The molecule has 0 bridgehead atoms. The van der Waals surface area contributed by atoms with E-state index in [1.54, 1.807) is 0 Å². The Morgan fingerprint density at radius 3 is 0.455 bits per heavy atom. The largest absolute Gasteiger partial charge is 0.269 e. The van der Waals surface area contributed by atoms with E-state index in [1.165, 1.54) is 27.8 Å². The first-order valence-corrected chi connectivity index (χ1v) is 23.9. The second kappa shape index (κ2) is 32.9. The van der Waals surface area contributed by atoms with Crippen molar-refractivity contribution in [2.75, 3.05) is 0 Å². The van der Waals surface area contributed by atoms with Crippen LogP contribution in [-0.4, -0.2) is 0 Å². The lowest BCUT2D eigenvalue weighted by Gasteiger charge is -2.01. The first-order chi connectivity index (χ1) is 23.0. The van der Waals surface area contributed by atoms with Crippen LogP contribution in [0.3, 0.4) is 0 Å². The lowest BCUT2D eigenvalue weighted by molar-refractivity contribution is 1.11. The van der Waals surface area contributed by atoms with Crippen molar-refractivity contribution in [2.45, 2.75) is 59.1 Å². The highest BCUT2D eigenvalue weighted by Gasteiger charge is 2.03. The number of hydrogen-bond donors (Lipinski definition) is 5. The fourth-order valence-electron chi connectivity index (χ4n) is 3.54. The van der Waals surface area contributed by atoms with Gasteiger partial charge in [0.05, 0.1) is 0 Å². The van der Waals surface area contributed by atoms with E-state index in [0.717, 1.165) is 69.2 Å². The number of aryl methyl sites for hydroxylation is 5. The molecule has 5 aromatic carbocycles. The molecule has 5 aromatic rings. The van der Waals surface area contributed by atoms with Crippen LogP contribution < -0.4 is 0 Å². The van der Waals surface area contributed by atoms with Gasteiger partial charge >= 0.3 is 0 Å². The molecule has 0 aromatic heterocycles. The Morgan fingerprint density at radius 2 is 0.364 bits per heavy atom. The van der Waals surface area contributed by atoms with Crippen molar-refractivity contribution in [3.8, 4) is 0 Å². The minimum absolute atomic E-state index is 0. The van der Waals surface area contributed by atoms with Crippen molar-refractivity contribution in [2.24, 2.45) is 0 Å². The molecule has 0 atom stereocenters. The predicted octanol–water partition coefficient (Wildman–Crippen LogP) is 19.8. The van der Waals surface area contributed by atoms with Crippen molar-refractivity contribution in [1.82, 2.24) is 0 Å². The van der Waals surface area contributed by atoms with E-state index in [4.69, 9.17) is 0 Å². The van der Waals surface area contributed by atoms with Gasteiger partial charge in [0.25, 0.3) is 0 Å². The van der Waals surface area contributed by atoms with Crippen molar-refractivity contribution in [3.05, 3.63) is 133 Å². The number of benzene rings is 5. The minimum Gasteiger partial charge on any atom is -0.269 e. The van der Waals surface area contributed by atoms with Crippen molar-refractivity contribution < 1.29 is 23.5 Å². The summed E-state index contributed by atoms with van der Waals surface area (Å²) >= 11 is 55.3. The van der Waals surface area contributed by atoms with Gasteiger partial charge in [0.15, 0.2) is 0 Å². The monoisotopic (exact) mass is 1500 g/mol. The van der Waals surface area contributed by atoms with Gasteiger partial charge in [-0.3, -0.25) is 23.5 Å². The third-order valence-corrected chi connectivity index (χ3v) is 18.3. The molecule has 310 valence electrons. The first kappa shape index (κ1) is 66.4. The summed E-state index contributed by atoms with van der Waals surface area (Å²) in [6.07, 6.45) is 0. The van der Waals surface area contributed by atoms with Crippen molar-refractivity contribution >= 4 is 222 Å². The van der Waals surface area contributed by atoms with Gasteiger partial charge in [0.1, 0.15) is 0 Å². The zero-order chi connectivity index (χ0) is 38.6. The van der Waals surface area contributed by atoms with Crippen LogP contribution in [0, 0.1) is 34.6 Å². The molecule has 0 unspecified atom stereocenters. The molecule has 5 rings (SSSR count). The molecule has 0 aliphatic rings. The molecule has 55 heavy (non-hydrogen) atoms. The average Bonchev–Trinajstić information content (AvgIpc) is 3.00. The van der Waals surface area contributed by atoms with Gasteiger partial charge in [-0.15, -0.1) is 63.1 Å². The van der Waals surface area contributed by atoms with Gasteiger partial charge in [0.2, 0.25) is 0 Å². The summed E-state index contributed by atoms with van der Waals surface area (Å²) < 4.78 is 10.8. The van der Waals surface area contributed by atoms with Crippen LogP contribution in [-0.2, 0) is 0 Å². The highest BCUT2D eigenvalue weighted by atomic mass is 79.9. The second-order valence-corrected chi connectivity index (χ2v) is 21.1. The van der Waals surface area contributed by atoms with Crippen LogP contribution in [0.15, 0.2) is 130 Å². The molecule has 0 radical (unpaired) electrons. The van der Waals surface area contributed by atoms with Gasteiger partial charge in [0, 0.05) is 69.2 Å². The first-order valence-electron chi connectivity index (χ1n) is 13.8. The predicted molar refractivity (Wildman–Crippen MR) is 282 cm³/mol. The third kappa shape index (κ3) is 24.5. The number of hydrogen-bond acceptors (Lipinski definition) is 5. The fraction of sp³-hybridized carbons (Fsp3) is 0.143. The quantitative estimate of drug-likeness (QED) is 0.0741. The standard InChI is InChI=1S/5C7H6Br2S.5FH/c5*1-4-2-5(10)3-6(8)7(4)9;;;;;/h5*2-3,10H,1H3;5*1H. The maximum atomic E-state index is 4.22. The van der Waals surface area contributed by atoms with Gasteiger partial charge in [-0.1, -0.05) is 0 Å². The van der Waals surface area contributed by atoms with Crippen LogP contribution in [0.1, 0.15) is 27.8 Å². The molecule has 0 spiro atoms. The molecule has 0 saturated heterocycles. The van der Waals surface area contributed by atoms with E-state index in [9.17, 15) is 0 Å². The van der Waals surface area contributed by atoms with Gasteiger partial charge in [-0.2, -0.15) is 0 Å². The molecular weight excluding hydrogens is 1470 g/mol. The van der Waals surface area contributed by atoms with Crippen molar-refractivity contribution in [3.63, 3.8) is 0 Å². The highest BCUT2D eigenvalue weighted by molar-refractivity contribution is 9.14. The molecule has 0 amide bonds. The summed E-state index contributed by atoms with van der Waals surface area (Å²) in [6.45, 7) is 10.2. The van der Waals surface area contributed by atoms with Crippen LogP contribution >= 0.6 is 222 Å². The molecule has 0 aliphatic carbocycles. The molecule has 0 saturated carbocycles. The molecular formula is C35H35Br10F5S5.